The van der Waals surface area contributed by atoms with Crippen molar-refractivity contribution in [3.05, 3.63) is 60.2 Å². The van der Waals surface area contributed by atoms with E-state index in [-0.39, 0.29) is 0 Å². The second-order valence-electron chi connectivity index (χ2n) is 5.16. The summed E-state index contributed by atoms with van der Waals surface area (Å²) in [6.07, 6.45) is 0. The summed E-state index contributed by atoms with van der Waals surface area (Å²) >= 11 is 0. The summed E-state index contributed by atoms with van der Waals surface area (Å²) in [6, 6.07) is 16.4. The zero-order valence-corrected chi connectivity index (χ0v) is 11.7. The molecule has 0 amide bonds. The molecule has 0 spiro atoms. The minimum absolute atomic E-state index is 0.406. The standard InChI is InChI=1S/C15H15NO2S/c1-15(2)13-10-6-7-11-14(13)19(17,18)16(15)12-8-4-3-5-9-12/h3-11H,1-2H3. The normalized spacial score (nSPS) is 19.2. The fraction of sp³-hybridized carbons (Fsp3) is 0.200. The molecule has 0 aromatic heterocycles. The predicted molar refractivity (Wildman–Crippen MR) is 75.6 cm³/mol. The third kappa shape index (κ3) is 1.60. The van der Waals surface area contributed by atoms with Gasteiger partial charge in [0.2, 0.25) is 0 Å². The Morgan fingerprint density at radius 1 is 0.895 bits per heavy atom. The molecule has 0 unspecified atom stereocenters. The summed E-state index contributed by atoms with van der Waals surface area (Å²) < 4.78 is 27.0. The molecule has 0 atom stereocenters. The number of rotatable bonds is 1. The summed E-state index contributed by atoms with van der Waals surface area (Å²) in [7, 11) is -3.47. The van der Waals surface area contributed by atoms with Gasteiger partial charge >= 0.3 is 0 Å². The van der Waals surface area contributed by atoms with Crippen molar-refractivity contribution in [2.24, 2.45) is 0 Å². The van der Waals surface area contributed by atoms with Crippen molar-refractivity contribution in [2.45, 2.75) is 24.3 Å². The van der Waals surface area contributed by atoms with E-state index in [2.05, 4.69) is 0 Å². The monoisotopic (exact) mass is 273 g/mol. The zero-order chi connectivity index (χ0) is 13.7. The van der Waals surface area contributed by atoms with E-state index in [1.54, 1.807) is 12.1 Å². The average molecular weight is 273 g/mol. The van der Waals surface area contributed by atoms with Crippen LogP contribution < -0.4 is 4.31 Å². The number of nitrogens with zero attached hydrogens (tertiary/aromatic N) is 1. The van der Waals surface area contributed by atoms with Gasteiger partial charge in [0.05, 0.1) is 16.1 Å². The van der Waals surface area contributed by atoms with Gasteiger partial charge in [-0.3, -0.25) is 4.31 Å². The minimum atomic E-state index is -3.47. The maximum absolute atomic E-state index is 12.7. The number of sulfonamides is 1. The van der Waals surface area contributed by atoms with Crippen LogP contribution in [0.2, 0.25) is 0 Å². The van der Waals surface area contributed by atoms with Gasteiger partial charge in [-0.2, -0.15) is 0 Å². The molecule has 0 aliphatic carbocycles. The molecule has 1 heterocycles. The van der Waals surface area contributed by atoms with Gasteiger partial charge in [-0.25, -0.2) is 8.42 Å². The molecule has 98 valence electrons. The van der Waals surface area contributed by atoms with Gasteiger partial charge in [0.1, 0.15) is 0 Å². The highest BCUT2D eigenvalue weighted by Crippen LogP contribution is 2.46. The first-order valence-electron chi connectivity index (χ1n) is 6.16. The lowest BCUT2D eigenvalue weighted by Gasteiger charge is -2.32. The Bertz CT molecular complexity index is 721. The Morgan fingerprint density at radius 3 is 2.11 bits per heavy atom. The van der Waals surface area contributed by atoms with Gasteiger partial charge in [-0.05, 0) is 37.6 Å². The van der Waals surface area contributed by atoms with Crippen LogP contribution in [0.4, 0.5) is 5.69 Å². The van der Waals surface area contributed by atoms with Crippen molar-refractivity contribution in [2.75, 3.05) is 4.31 Å². The van der Waals surface area contributed by atoms with Crippen molar-refractivity contribution in [3.63, 3.8) is 0 Å². The second-order valence-corrected chi connectivity index (χ2v) is 6.92. The summed E-state index contributed by atoms with van der Waals surface area (Å²) in [4.78, 5) is 0.406. The molecule has 4 heteroatoms. The molecule has 2 aromatic carbocycles. The first-order chi connectivity index (χ1) is 8.95. The van der Waals surface area contributed by atoms with Crippen LogP contribution in [0.3, 0.4) is 0 Å². The highest BCUT2D eigenvalue weighted by molar-refractivity contribution is 7.93. The van der Waals surface area contributed by atoms with Crippen LogP contribution in [0.15, 0.2) is 59.5 Å². The molecule has 0 bridgehead atoms. The molecule has 2 aromatic rings. The van der Waals surface area contributed by atoms with Gasteiger partial charge in [0.15, 0.2) is 0 Å². The molecule has 3 nitrogen and oxygen atoms in total. The lowest BCUT2D eigenvalue weighted by atomic mass is 9.94. The number of hydrogen-bond donors (Lipinski definition) is 0. The largest absolute Gasteiger partial charge is 0.265 e. The predicted octanol–water partition coefficient (Wildman–Crippen LogP) is 3.13. The van der Waals surface area contributed by atoms with E-state index in [0.717, 1.165) is 5.56 Å². The third-order valence-electron chi connectivity index (χ3n) is 3.56. The van der Waals surface area contributed by atoms with E-state index in [1.807, 2.05) is 56.3 Å². The molecule has 19 heavy (non-hydrogen) atoms. The van der Waals surface area contributed by atoms with E-state index in [4.69, 9.17) is 0 Å². The maximum Gasteiger partial charge on any atom is 0.265 e. The van der Waals surface area contributed by atoms with Gasteiger partial charge in [-0.1, -0.05) is 36.4 Å². The summed E-state index contributed by atoms with van der Waals surface area (Å²) in [6.45, 7) is 3.87. The zero-order valence-electron chi connectivity index (χ0n) is 10.9. The summed E-state index contributed by atoms with van der Waals surface area (Å²) in [5.74, 6) is 0. The summed E-state index contributed by atoms with van der Waals surface area (Å²) in [5.41, 5.74) is 0.971. The van der Waals surface area contributed by atoms with E-state index in [9.17, 15) is 8.42 Å². The topological polar surface area (TPSA) is 37.4 Å². The quantitative estimate of drug-likeness (QED) is 0.800. The van der Waals surface area contributed by atoms with Gasteiger partial charge < -0.3 is 0 Å². The Labute approximate surface area is 113 Å². The Morgan fingerprint density at radius 2 is 1.47 bits per heavy atom. The van der Waals surface area contributed by atoms with Crippen LogP contribution >= 0.6 is 0 Å². The molecular formula is C15H15NO2S. The highest BCUT2D eigenvalue weighted by Gasteiger charge is 2.47. The number of benzene rings is 2. The smallest absolute Gasteiger partial charge is 0.256 e. The molecule has 0 fully saturated rings. The Kier molecular flexibility index (Phi) is 2.47. The van der Waals surface area contributed by atoms with Gasteiger partial charge in [-0.15, -0.1) is 0 Å². The van der Waals surface area contributed by atoms with E-state index in [1.165, 1.54) is 4.31 Å². The van der Waals surface area contributed by atoms with E-state index in [0.29, 0.717) is 10.6 Å². The molecule has 0 saturated carbocycles. The average Bonchev–Trinajstić information content (AvgIpc) is 2.55. The number of para-hydroxylation sites is 1. The first-order valence-corrected chi connectivity index (χ1v) is 7.60. The molecule has 1 aliphatic rings. The third-order valence-corrected chi connectivity index (χ3v) is 5.62. The lowest BCUT2D eigenvalue weighted by Crippen LogP contribution is -2.39. The molecule has 0 saturated heterocycles. The molecule has 0 radical (unpaired) electrons. The van der Waals surface area contributed by atoms with Crippen LogP contribution in [0.1, 0.15) is 19.4 Å². The molecule has 1 aliphatic heterocycles. The van der Waals surface area contributed by atoms with Crippen LogP contribution in [0.25, 0.3) is 0 Å². The van der Waals surface area contributed by atoms with Crippen molar-refractivity contribution < 1.29 is 8.42 Å². The lowest BCUT2D eigenvalue weighted by molar-refractivity contribution is 0.544. The van der Waals surface area contributed by atoms with Crippen LogP contribution in [0.5, 0.6) is 0 Å². The number of fused-ring (bicyclic) bond motifs is 1. The SMILES string of the molecule is CC1(C)c2ccccc2S(=O)(=O)N1c1ccccc1. The number of hydrogen-bond acceptors (Lipinski definition) is 2. The van der Waals surface area contributed by atoms with Gasteiger partial charge in [0, 0.05) is 0 Å². The van der Waals surface area contributed by atoms with Crippen molar-refractivity contribution >= 4 is 15.7 Å². The fourth-order valence-corrected chi connectivity index (χ4v) is 4.87. The van der Waals surface area contributed by atoms with E-state index < -0.39 is 15.6 Å². The molecular weight excluding hydrogens is 258 g/mol. The van der Waals surface area contributed by atoms with Gasteiger partial charge in [0.25, 0.3) is 10.0 Å². The minimum Gasteiger partial charge on any atom is -0.256 e. The second kappa shape index (κ2) is 3.84. The van der Waals surface area contributed by atoms with Crippen molar-refractivity contribution in [3.8, 4) is 0 Å². The van der Waals surface area contributed by atoms with Crippen LogP contribution in [-0.4, -0.2) is 8.42 Å². The van der Waals surface area contributed by atoms with Crippen LogP contribution in [0, 0.1) is 0 Å². The van der Waals surface area contributed by atoms with E-state index >= 15 is 0 Å². The molecule has 0 N–H and O–H groups in total. The highest BCUT2D eigenvalue weighted by atomic mass is 32.2. The number of anilines is 1. The maximum atomic E-state index is 12.7. The molecule has 3 rings (SSSR count). The van der Waals surface area contributed by atoms with Crippen LogP contribution in [-0.2, 0) is 15.6 Å². The fourth-order valence-electron chi connectivity index (χ4n) is 2.73. The van der Waals surface area contributed by atoms with Crippen molar-refractivity contribution in [1.29, 1.82) is 0 Å². The van der Waals surface area contributed by atoms with Crippen molar-refractivity contribution in [1.82, 2.24) is 0 Å². The Hall–Kier alpha value is -1.81. The summed E-state index contributed by atoms with van der Waals surface area (Å²) in [5, 5.41) is 0. The first kappa shape index (κ1) is 12.2. The Balaban J connectivity index is 2.30.